The second kappa shape index (κ2) is 8.17. The zero-order chi connectivity index (χ0) is 22.6. The summed E-state index contributed by atoms with van der Waals surface area (Å²) in [5, 5.41) is 0. The molecule has 5 heteroatoms. The minimum Gasteiger partial charge on any atom is -0.348 e. The summed E-state index contributed by atoms with van der Waals surface area (Å²) in [5.74, 6) is 0.656. The third-order valence-corrected chi connectivity index (χ3v) is 8.57. The molecule has 0 amide bonds. The fourth-order valence-corrected chi connectivity index (χ4v) is 6.66. The number of rotatable bonds is 4. The van der Waals surface area contributed by atoms with E-state index in [0.29, 0.717) is 18.4 Å². The molecule has 33 heavy (non-hydrogen) atoms. The van der Waals surface area contributed by atoms with Crippen LogP contribution in [0.4, 0.5) is 0 Å². The summed E-state index contributed by atoms with van der Waals surface area (Å²) in [6.45, 7) is 7.03. The first-order chi connectivity index (χ1) is 16.0. The highest BCUT2D eigenvalue weighted by Crippen LogP contribution is 2.60. The van der Waals surface area contributed by atoms with Crippen LogP contribution in [0.5, 0.6) is 0 Å². The summed E-state index contributed by atoms with van der Waals surface area (Å²) in [5.41, 5.74) is 3.02. The Balaban J connectivity index is 1.20. The zero-order valence-electron chi connectivity index (χ0n) is 19.7. The first-order valence-corrected chi connectivity index (χ1v) is 12.4. The Morgan fingerprint density at radius 2 is 1.64 bits per heavy atom. The summed E-state index contributed by atoms with van der Waals surface area (Å²) in [7, 11) is 0. The van der Waals surface area contributed by atoms with Crippen molar-refractivity contribution in [3.8, 4) is 11.1 Å². The van der Waals surface area contributed by atoms with Gasteiger partial charge in [-0.25, -0.2) is 9.78 Å². The monoisotopic (exact) mass is 450 g/mol. The van der Waals surface area contributed by atoms with Crippen LogP contribution in [0.15, 0.2) is 54.6 Å². The third-order valence-electron chi connectivity index (χ3n) is 8.57. The Morgan fingerprint density at radius 1 is 0.879 bits per heavy atom. The molecule has 5 fully saturated rings. The lowest BCUT2D eigenvalue weighted by molar-refractivity contribution is -0.577. The Morgan fingerprint density at radius 3 is 2.42 bits per heavy atom. The largest absolute Gasteiger partial charge is 0.348 e. The smallest absolute Gasteiger partial charge is 0.201 e. The molecule has 0 unspecified atom stereocenters. The molecule has 8 atom stereocenters. The van der Waals surface area contributed by atoms with Gasteiger partial charge in [-0.15, -0.1) is 0 Å². The highest BCUT2D eigenvalue weighted by molar-refractivity contribution is 5.63. The van der Waals surface area contributed by atoms with Crippen molar-refractivity contribution in [3.05, 3.63) is 60.2 Å². The number of benzene rings is 2. The molecule has 0 radical (unpaired) electrons. The lowest BCUT2D eigenvalue weighted by Crippen LogP contribution is -2.70. The summed E-state index contributed by atoms with van der Waals surface area (Å²) >= 11 is 0. The Labute approximate surface area is 196 Å². The predicted octanol–water partition coefficient (Wildman–Crippen LogP) is 6.08. The standard InChI is InChI=1S/C28H34O5/c1-18-9-14-24-19(2)25(30-26-28(24)23(18)15-16-27(3,31-26)32-33-28)29-17-20-10-12-22(13-11-20)21-7-5-4-6-8-21/h4-8,10-13,18-19,23-26H,9,14-17H2,1-3H3/t18-,19-,23+,24+,25-,26-,27+,28-/m1/s1. The average Bonchev–Trinajstić information content (AvgIpc) is 3.07. The van der Waals surface area contributed by atoms with Crippen molar-refractivity contribution in [3.63, 3.8) is 0 Å². The van der Waals surface area contributed by atoms with Gasteiger partial charge in [-0.05, 0) is 54.7 Å². The van der Waals surface area contributed by atoms with Crippen LogP contribution < -0.4 is 0 Å². The topological polar surface area (TPSA) is 46.2 Å². The minimum absolute atomic E-state index is 0.189. The molecule has 0 N–H and O–H groups in total. The van der Waals surface area contributed by atoms with E-state index in [1.165, 1.54) is 17.5 Å². The lowest BCUT2D eigenvalue weighted by Gasteiger charge is -2.60. The molecule has 2 aromatic carbocycles. The summed E-state index contributed by atoms with van der Waals surface area (Å²) in [6, 6.07) is 19.0. The van der Waals surface area contributed by atoms with E-state index in [-0.39, 0.29) is 18.1 Å². The number of ether oxygens (including phenoxy) is 3. The Kier molecular flexibility index (Phi) is 5.39. The Bertz CT molecular complexity index is 978. The van der Waals surface area contributed by atoms with Gasteiger partial charge < -0.3 is 14.2 Å². The van der Waals surface area contributed by atoms with E-state index in [0.717, 1.165) is 24.8 Å². The van der Waals surface area contributed by atoms with Gasteiger partial charge >= 0.3 is 0 Å². The van der Waals surface area contributed by atoms with E-state index in [1.807, 2.05) is 13.0 Å². The van der Waals surface area contributed by atoms with Gasteiger partial charge in [-0.1, -0.05) is 68.4 Å². The van der Waals surface area contributed by atoms with Crippen LogP contribution in [0.25, 0.3) is 11.1 Å². The second-order valence-corrected chi connectivity index (χ2v) is 10.6. The molecular weight excluding hydrogens is 416 g/mol. The van der Waals surface area contributed by atoms with Gasteiger partial charge in [-0.3, -0.25) is 0 Å². The minimum atomic E-state index is -0.754. The van der Waals surface area contributed by atoms with Crippen molar-refractivity contribution < 1.29 is 24.0 Å². The quantitative estimate of drug-likeness (QED) is 0.529. The van der Waals surface area contributed by atoms with Crippen molar-refractivity contribution in [2.45, 2.75) is 77.0 Å². The van der Waals surface area contributed by atoms with E-state index in [4.69, 9.17) is 24.0 Å². The SMILES string of the molecule is C[C@H]1[C@H](OCc2ccc(-c3ccccc3)cc2)O[C@@H]2O[C@]3(C)CC[C@H]4[C@H](C)CC[C@@H]1[C@@]24OO3. The molecule has 5 nitrogen and oxygen atoms in total. The molecule has 1 saturated carbocycles. The fraction of sp³-hybridized carbons (Fsp3) is 0.571. The molecule has 4 heterocycles. The zero-order valence-corrected chi connectivity index (χ0v) is 19.7. The first-order valence-electron chi connectivity index (χ1n) is 12.4. The van der Waals surface area contributed by atoms with Gasteiger partial charge in [0.1, 0.15) is 0 Å². The van der Waals surface area contributed by atoms with Crippen molar-refractivity contribution in [1.29, 1.82) is 0 Å². The van der Waals surface area contributed by atoms with Gasteiger partial charge in [0.2, 0.25) is 5.79 Å². The van der Waals surface area contributed by atoms with Crippen LogP contribution >= 0.6 is 0 Å². The number of hydrogen-bond acceptors (Lipinski definition) is 5. The normalized spacial score (nSPS) is 41.9. The molecular formula is C28H34O5. The molecule has 1 spiro atoms. The molecule has 2 aromatic rings. The average molecular weight is 451 g/mol. The molecule has 4 aliphatic heterocycles. The first kappa shape index (κ1) is 21.8. The Hall–Kier alpha value is -1.76. The maximum Gasteiger partial charge on any atom is 0.201 e. The van der Waals surface area contributed by atoms with Crippen molar-refractivity contribution in [1.82, 2.24) is 0 Å². The summed E-state index contributed by atoms with van der Waals surface area (Å²) in [6.07, 6.45) is 3.35. The molecule has 5 aliphatic rings. The predicted molar refractivity (Wildman–Crippen MR) is 123 cm³/mol. The van der Waals surface area contributed by atoms with Crippen molar-refractivity contribution in [2.75, 3.05) is 0 Å². The highest BCUT2D eigenvalue weighted by Gasteiger charge is 2.69. The molecule has 176 valence electrons. The lowest BCUT2D eigenvalue weighted by atomic mass is 9.58. The molecule has 7 rings (SSSR count). The van der Waals surface area contributed by atoms with Crippen molar-refractivity contribution in [2.24, 2.45) is 23.7 Å². The third kappa shape index (κ3) is 3.57. The molecule has 1 aliphatic carbocycles. The molecule has 4 saturated heterocycles. The van der Waals surface area contributed by atoms with Gasteiger partial charge in [0.15, 0.2) is 18.2 Å². The van der Waals surface area contributed by atoms with Gasteiger partial charge in [0, 0.05) is 18.3 Å². The van der Waals surface area contributed by atoms with Gasteiger partial charge in [-0.2, -0.15) is 0 Å². The van der Waals surface area contributed by atoms with Crippen LogP contribution in [0.2, 0.25) is 0 Å². The van der Waals surface area contributed by atoms with E-state index in [1.54, 1.807) is 0 Å². The van der Waals surface area contributed by atoms with Crippen LogP contribution in [0.3, 0.4) is 0 Å². The van der Waals surface area contributed by atoms with Gasteiger partial charge in [0.05, 0.1) is 6.61 Å². The summed E-state index contributed by atoms with van der Waals surface area (Å²) < 4.78 is 19.3. The van der Waals surface area contributed by atoms with Crippen LogP contribution in [0.1, 0.15) is 52.0 Å². The fourth-order valence-electron chi connectivity index (χ4n) is 6.66. The second-order valence-electron chi connectivity index (χ2n) is 10.6. The number of fused-ring (bicyclic) bond motifs is 2. The van der Waals surface area contributed by atoms with E-state index in [2.05, 4.69) is 62.4 Å². The van der Waals surface area contributed by atoms with E-state index >= 15 is 0 Å². The molecule has 0 aromatic heterocycles. The maximum atomic E-state index is 6.52. The van der Waals surface area contributed by atoms with Crippen LogP contribution in [-0.2, 0) is 30.6 Å². The van der Waals surface area contributed by atoms with Crippen molar-refractivity contribution >= 4 is 0 Å². The number of hydrogen-bond donors (Lipinski definition) is 0. The van der Waals surface area contributed by atoms with Gasteiger partial charge in [0.25, 0.3) is 0 Å². The van der Waals surface area contributed by atoms with Crippen LogP contribution in [0, 0.1) is 23.7 Å². The maximum absolute atomic E-state index is 6.52. The summed E-state index contributed by atoms with van der Waals surface area (Å²) in [4.78, 5) is 12.1. The van der Waals surface area contributed by atoms with E-state index in [9.17, 15) is 0 Å². The van der Waals surface area contributed by atoms with Crippen LogP contribution in [-0.4, -0.2) is 24.0 Å². The molecule has 2 bridgehead atoms. The van der Waals surface area contributed by atoms with E-state index < -0.39 is 17.7 Å². The highest BCUT2D eigenvalue weighted by atomic mass is 17.3.